The van der Waals surface area contributed by atoms with Gasteiger partial charge in [-0.05, 0) is 71.1 Å². The lowest BCUT2D eigenvalue weighted by molar-refractivity contribution is -0.159. The zero-order chi connectivity index (χ0) is 36.3. The normalized spacial score (nSPS) is 28.7. The molecule has 2 saturated heterocycles. The Morgan fingerprint density at radius 2 is 1.86 bits per heavy atom. The van der Waals surface area contributed by atoms with E-state index < -0.39 is 40.9 Å². The third-order valence-corrected chi connectivity index (χ3v) is 10.6. The van der Waals surface area contributed by atoms with Crippen molar-refractivity contribution in [1.29, 1.82) is 0 Å². The van der Waals surface area contributed by atoms with Gasteiger partial charge in [-0.25, -0.2) is 9.59 Å². The first-order chi connectivity index (χ1) is 24.4. The number of hydrogen-bond donors (Lipinski definition) is 2. The Hall–Kier alpha value is -4.48. The van der Waals surface area contributed by atoms with Crippen molar-refractivity contribution in [3.8, 4) is 0 Å². The first-order valence-electron chi connectivity index (χ1n) is 18.4. The average molecular weight is 702 g/mol. The molecule has 2 aromatic rings. The minimum Gasteiger partial charge on any atom is -0.464 e. The first kappa shape index (κ1) is 36.3. The zero-order valence-electron chi connectivity index (χ0n) is 30.2. The van der Waals surface area contributed by atoms with Gasteiger partial charge in [0.2, 0.25) is 11.8 Å². The van der Waals surface area contributed by atoms with E-state index in [1.54, 1.807) is 43.7 Å². The summed E-state index contributed by atoms with van der Waals surface area (Å²) in [6.07, 6.45) is 9.95. The van der Waals surface area contributed by atoms with Gasteiger partial charge in [-0.1, -0.05) is 43.2 Å². The molecule has 0 unspecified atom stereocenters. The summed E-state index contributed by atoms with van der Waals surface area (Å²) >= 11 is 0. The van der Waals surface area contributed by atoms with E-state index in [0.717, 1.165) is 42.1 Å². The van der Waals surface area contributed by atoms with Gasteiger partial charge < -0.3 is 29.9 Å². The largest absolute Gasteiger partial charge is 0.464 e. The van der Waals surface area contributed by atoms with Gasteiger partial charge in [0.25, 0.3) is 0 Å². The van der Waals surface area contributed by atoms with E-state index in [2.05, 4.69) is 21.7 Å². The van der Waals surface area contributed by atoms with Crippen LogP contribution in [0.1, 0.15) is 78.2 Å². The van der Waals surface area contributed by atoms with Crippen LogP contribution in [0.5, 0.6) is 0 Å². The quantitative estimate of drug-likeness (QED) is 0.331. The molecule has 3 aliphatic heterocycles. The number of para-hydroxylation sites is 1. The van der Waals surface area contributed by atoms with Gasteiger partial charge in [-0.2, -0.15) is 0 Å². The van der Waals surface area contributed by atoms with Crippen molar-refractivity contribution in [3.63, 3.8) is 0 Å². The Bertz CT molecular complexity index is 1680. The zero-order valence-corrected chi connectivity index (χ0v) is 30.2. The van der Waals surface area contributed by atoms with Gasteiger partial charge in [0.05, 0.1) is 18.5 Å². The van der Waals surface area contributed by atoms with Crippen LogP contribution in [-0.2, 0) is 35.2 Å². The summed E-state index contributed by atoms with van der Waals surface area (Å²) in [6, 6.07) is 8.48. The Morgan fingerprint density at radius 1 is 1.06 bits per heavy atom. The molecule has 274 valence electrons. The number of aromatic nitrogens is 1. The number of pyridine rings is 1. The van der Waals surface area contributed by atoms with Crippen molar-refractivity contribution in [2.75, 3.05) is 26.2 Å². The van der Waals surface area contributed by atoms with Crippen LogP contribution in [-0.4, -0.2) is 88.0 Å². The van der Waals surface area contributed by atoms with E-state index in [4.69, 9.17) is 9.47 Å². The number of esters is 2. The van der Waals surface area contributed by atoms with Gasteiger partial charge in [0, 0.05) is 61.4 Å². The molecule has 1 saturated carbocycles. The number of nitrogens with zero attached hydrogens (tertiary/aromatic N) is 3. The topological polar surface area (TPSA) is 147 Å². The van der Waals surface area contributed by atoms with E-state index in [1.165, 1.54) is 0 Å². The van der Waals surface area contributed by atoms with Crippen LogP contribution in [0.3, 0.4) is 0 Å². The van der Waals surface area contributed by atoms with Crippen molar-refractivity contribution < 1.29 is 33.4 Å². The lowest BCUT2D eigenvalue weighted by atomic mass is 9.92. The molecule has 2 N–H and O–H groups in total. The number of carbonyl (C=O) groups is 5. The van der Waals surface area contributed by atoms with Crippen molar-refractivity contribution in [2.24, 2.45) is 23.7 Å². The fraction of sp³-hybridized carbons (Fsp3) is 0.590. The fourth-order valence-corrected chi connectivity index (χ4v) is 8.09. The Balaban J connectivity index is 1.24. The molecule has 1 aromatic carbocycles. The number of rotatable bonds is 6. The maximum Gasteiger partial charge on any atom is 0.332 e. The summed E-state index contributed by atoms with van der Waals surface area (Å²) in [4.78, 5) is 76.6. The number of hydrogen-bond acceptors (Lipinski definition) is 8. The van der Waals surface area contributed by atoms with Crippen LogP contribution < -0.4 is 10.6 Å². The standard InChI is InChI=1S/C39H51N5O7/c1-5-50-36(48)39-20-28(39)14-10-8-6-7-9-13-25(19-32(45)51-38(2,3)4)35(47)44-23-27-22-43(24-30(27)33(44)34(46)42-39)37(49)41-21-26-17-18-40-31-16-12-11-15-29(26)31/h10-12,14-18,25,27-28,30,33H,5-9,13,19-24H2,1-4H3,(H,41,49)(H,42,46)/b14-10-/t25-,27+,28-,30+,33+,39-/m1/s1. The lowest BCUT2D eigenvalue weighted by Crippen LogP contribution is -2.56. The molecule has 1 aromatic heterocycles. The smallest absolute Gasteiger partial charge is 0.332 e. The number of allylic oxidation sites excluding steroid dienone is 1. The molecule has 6 rings (SSSR count). The molecule has 4 amide bonds. The maximum absolute atomic E-state index is 14.5. The predicted octanol–water partition coefficient (Wildman–Crippen LogP) is 4.51. The molecular weight excluding hydrogens is 650 g/mol. The van der Waals surface area contributed by atoms with Gasteiger partial charge in [0.15, 0.2) is 0 Å². The van der Waals surface area contributed by atoms with Crippen LogP contribution in [0.25, 0.3) is 10.9 Å². The number of urea groups is 1. The van der Waals surface area contributed by atoms with Gasteiger partial charge >= 0.3 is 18.0 Å². The Kier molecular flexibility index (Phi) is 10.7. The second kappa shape index (κ2) is 15.0. The Morgan fingerprint density at radius 3 is 2.65 bits per heavy atom. The second-order valence-corrected chi connectivity index (χ2v) is 15.5. The van der Waals surface area contributed by atoms with Crippen molar-refractivity contribution in [1.82, 2.24) is 25.4 Å². The molecule has 0 bridgehead atoms. The summed E-state index contributed by atoms with van der Waals surface area (Å²) < 4.78 is 11.1. The van der Waals surface area contributed by atoms with Crippen LogP contribution in [0.4, 0.5) is 4.79 Å². The first-order valence-corrected chi connectivity index (χ1v) is 18.4. The molecule has 6 atom stereocenters. The molecule has 3 fully saturated rings. The van der Waals surface area contributed by atoms with Crippen molar-refractivity contribution >= 4 is 40.7 Å². The Labute approximate surface area is 299 Å². The van der Waals surface area contributed by atoms with E-state index >= 15 is 0 Å². The van der Waals surface area contributed by atoms with Crippen molar-refractivity contribution in [3.05, 3.63) is 54.2 Å². The summed E-state index contributed by atoms with van der Waals surface area (Å²) in [7, 11) is 0. The average Bonchev–Trinajstić information content (AvgIpc) is 3.42. The number of carbonyl (C=O) groups excluding carboxylic acids is 5. The minimum atomic E-state index is -1.20. The van der Waals surface area contributed by atoms with Crippen LogP contribution in [0.15, 0.2) is 48.7 Å². The number of benzene rings is 1. The maximum atomic E-state index is 14.5. The molecule has 0 spiro atoms. The minimum absolute atomic E-state index is 0.0801. The molecule has 4 aliphatic rings. The molecule has 0 radical (unpaired) electrons. The van der Waals surface area contributed by atoms with Gasteiger partial charge in [-0.3, -0.25) is 19.4 Å². The monoisotopic (exact) mass is 701 g/mol. The highest BCUT2D eigenvalue weighted by Gasteiger charge is 2.63. The summed E-state index contributed by atoms with van der Waals surface area (Å²) in [5.74, 6) is -3.01. The SMILES string of the molecule is CCOC(=O)[C@@]12C[C@H]1/C=C\CCCCC[C@H](CC(=O)OC(C)(C)C)C(=O)N1C[C@@H]3CN(C(=O)NCc4ccnc5ccccc45)C[C@@H]3[C@H]1C(=O)N2. The number of ether oxygens (including phenoxy) is 2. The molecule has 1 aliphatic carbocycles. The predicted molar refractivity (Wildman–Crippen MR) is 190 cm³/mol. The van der Waals surface area contributed by atoms with Crippen LogP contribution in [0.2, 0.25) is 0 Å². The number of amides is 4. The highest BCUT2D eigenvalue weighted by molar-refractivity contribution is 5.96. The third kappa shape index (κ3) is 8.05. The van der Waals surface area contributed by atoms with Gasteiger partial charge in [-0.15, -0.1) is 0 Å². The number of likely N-dealkylation sites (tertiary alicyclic amines) is 1. The van der Waals surface area contributed by atoms with E-state index in [0.29, 0.717) is 25.9 Å². The van der Waals surface area contributed by atoms with Gasteiger partial charge in [0.1, 0.15) is 17.2 Å². The summed E-state index contributed by atoms with van der Waals surface area (Å²) in [5, 5.41) is 7.05. The molecule has 51 heavy (non-hydrogen) atoms. The third-order valence-electron chi connectivity index (χ3n) is 10.6. The second-order valence-electron chi connectivity index (χ2n) is 15.5. The molecule has 12 heteroatoms. The van der Waals surface area contributed by atoms with E-state index in [-0.39, 0.29) is 55.8 Å². The summed E-state index contributed by atoms with van der Waals surface area (Å²) in [6.45, 7) is 8.51. The number of nitrogens with one attached hydrogen (secondary N) is 2. The lowest BCUT2D eigenvalue weighted by Gasteiger charge is -2.32. The van der Waals surface area contributed by atoms with E-state index in [9.17, 15) is 24.0 Å². The number of fused-ring (bicyclic) bond motifs is 5. The highest BCUT2D eigenvalue weighted by atomic mass is 16.6. The molecule has 4 heterocycles. The molecule has 12 nitrogen and oxygen atoms in total. The van der Waals surface area contributed by atoms with Crippen LogP contribution >= 0.6 is 0 Å². The summed E-state index contributed by atoms with van der Waals surface area (Å²) in [5.41, 5.74) is -0.107. The fourth-order valence-electron chi connectivity index (χ4n) is 8.09. The molecular formula is C39H51N5O7. The highest BCUT2D eigenvalue weighted by Crippen LogP contribution is 2.47. The van der Waals surface area contributed by atoms with Crippen LogP contribution in [0, 0.1) is 23.7 Å². The van der Waals surface area contributed by atoms with E-state index in [1.807, 2.05) is 36.4 Å². The van der Waals surface area contributed by atoms with Crippen molar-refractivity contribution in [2.45, 2.75) is 96.4 Å².